The molecule has 3 heteroatoms. The molecule has 0 saturated carbocycles. The summed E-state index contributed by atoms with van der Waals surface area (Å²) in [5.74, 6) is 0. The van der Waals surface area contributed by atoms with Crippen LogP contribution >= 0.6 is 0 Å². The van der Waals surface area contributed by atoms with Crippen molar-refractivity contribution in [2.45, 2.75) is 13.8 Å². The number of rotatable bonds is 3. The van der Waals surface area contributed by atoms with Gasteiger partial charge in [-0.15, -0.1) is 0 Å². The van der Waals surface area contributed by atoms with Gasteiger partial charge in [-0.25, -0.2) is 0 Å². The predicted octanol–water partition coefficient (Wildman–Crippen LogP) is 8.19. The number of hydrogen-bond acceptors (Lipinski definition) is 0. The number of nitrogens with zero attached hydrogens (tertiary/aromatic N) is 2. The summed E-state index contributed by atoms with van der Waals surface area (Å²) >= 11 is 0. The van der Waals surface area contributed by atoms with Gasteiger partial charge in [-0.2, -0.15) is 0 Å². The standard InChI is InChI=1S/C44H32N2Si/c1-29-21-23-39-35(25-29)36-26-30(2)22-24-40(36)45(39)31-27-37-34-17-9-10-18-38(34)46-41-19-11-12-20-42(41)47(43(28-31)44(37)46,32-13-5-3-6-14-32)33-15-7-4-8-16-33/h3-28H,1-2H3. The fraction of sp³-hybridized carbons (Fsp3) is 0.0455. The fourth-order valence-electron chi connectivity index (χ4n) is 8.57. The molecule has 47 heavy (non-hydrogen) atoms. The van der Waals surface area contributed by atoms with Crippen molar-refractivity contribution < 1.29 is 0 Å². The summed E-state index contributed by atoms with van der Waals surface area (Å²) < 4.78 is 5.07. The van der Waals surface area contributed by atoms with Crippen molar-refractivity contribution in [1.82, 2.24) is 9.13 Å². The molecule has 0 radical (unpaired) electrons. The van der Waals surface area contributed by atoms with Gasteiger partial charge in [0.2, 0.25) is 0 Å². The zero-order valence-electron chi connectivity index (χ0n) is 26.4. The van der Waals surface area contributed by atoms with E-state index in [0.29, 0.717) is 0 Å². The van der Waals surface area contributed by atoms with Gasteiger partial charge in [0.1, 0.15) is 0 Å². The normalized spacial score (nSPS) is 13.5. The molecule has 9 aromatic rings. The summed E-state index contributed by atoms with van der Waals surface area (Å²) in [5.41, 5.74) is 10.1. The molecule has 0 unspecified atom stereocenters. The average molecular weight is 617 g/mol. The lowest BCUT2D eigenvalue weighted by molar-refractivity contribution is 1.17. The topological polar surface area (TPSA) is 9.86 Å². The Morgan fingerprint density at radius 3 is 1.62 bits per heavy atom. The minimum atomic E-state index is -2.80. The van der Waals surface area contributed by atoms with Crippen LogP contribution in [0.15, 0.2) is 158 Å². The number of fused-ring (bicyclic) bond motifs is 8. The number of aromatic nitrogens is 2. The van der Waals surface area contributed by atoms with Gasteiger partial charge in [0.15, 0.2) is 8.07 Å². The molecule has 0 amide bonds. The Morgan fingerprint density at radius 1 is 0.404 bits per heavy atom. The van der Waals surface area contributed by atoms with E-state index in [2.05, 4.69) is 181 Å². The Kier molecular flexibility index (Phi) is 5.47. The number of para-hydroxylation sites is 2. The number of hydrogen-bond donors (Lipinski definition) is 0. The Balaban J connectivity index is 1.46. The van der Waals surface area contributed by atoms with Gasteiger partial charge >= 0.3 is 0 Å². The Bertz CT molecular complexity index is 2600. The van der Waals surface area contributed by atoms with Crippen molar-refractivity contribution in [2.24, 2.45) is 0 Å². The van der Waals surface area contributed by atoms with E-state index in [1.807, 2.05) is 0 Å². The minimum absolute atomic E-state index is 1.21. The van der Waals surface area contributed by atoms with E-state index in [-0.39, 0.29) is 0 Å². The third kappa shape index (κ3) is 3.49. The van der Waals surface area contributed by atoms with E-state index in [1.165, 1.54) is 86.9 Å². The highest BCUT2D eigenvalue weighted by atomic mass is 28.3. The molecule has 2 nitrogen and oxygen atoms in total. The van der Waals surface area contributed by atoms with Crippen molar-refractivity contribution in [1.29, 1.82) is 0 Å². The molecule has 3 heterocycles. The van der Waals surface area contributed by atoms with Crippen LogP contribution in [0.1, 0.15) is 11.1 Å². The third-order valence-electron chi connectivity index (χ3n) is 10.5. The van der Waals surface area contributed by atoms with Crippen LogP contribution in [0.25, 0.3) is 55.0 Å². The molecule has 0 saturated heterocycles. The monoisotopic (exact) mass is 616 g/mol. The molecule has 2 aromatic heterocycles. The Hall–Kier alpha value is -5.64. The van der Waals surface area contributed by atoms with E-state index >= 15 is 0 Å². The first-order valence-electron chi connectivity index (χ1n) is 16.4. The molecule has 0 aliphatic carbocycles. The van der Waals surface area contributed by atoms with Crippen LogP contribution in [-0.2, 0) is 0 Å². The van der Waals surface area contributed by atoms with Crippen LogP contribution < -0.4 is 20.7 Å². The highest BCUT2D eigenvalue weighted by Crippen LogP contribution is 2.39. The number of aryl methyl sites for hydroxylation is 2. The fourth-order valence-corrected chi connectivity index (χ4v) is 13.7. The van der Waals surface area contributed by atoms with Crippen LogP contribution in [-0.4, -0.2) is 17.2 Å². The van der Waals surface area contributed by atoms with Crippen molar-refractivity contribution >= 4 is 72.4 Å². The molecule has 0 spiro atoms. The van der Waals surface area contributed by atoms with Gasteiger partial charge in [-0.05, 0) is 83.1 Å². The summed E-state index contributed by atoms with van der Waals surface area (Å²) in [4.78, 5) is 0. The second kappa shape index (κ2) is 9.68. The van der Waals surface area contributed by atoms with E-state index in [9.17, 15) is 0 Å². The Labute approximate surface area is 274 Å². The van der Waals surface area contributed by atoms with E-state index in [4.69, 9.17) is 0 Å². The van der Waals surface area contributed by atoms with Crippen molar-refractivity contribution in [2.75, 3.05) is 0 Å². The SMILES string of the molecule is Cc1ccc2c(c1)c1cc(C)ccc1n2-c1cc2c3c(c1)c1ccccc1n3-c1ccccc1[Si]2(c1ccccc1)c1ccccc1. The lowest BCUT2D eigenvalue weighted by Gasteiger charge is -2.40. The first kappa shape index (κ1) is 26.6. The molecule has 222 valence electrons. The third-order valence-corrected chi connectivity index (χ3v) is 15.3. The molecular weight excluding hydrogens is 585 g/mol. The molecule has 1 aliphatic rings. The maximum absolute atomic E-state index is 2.80. The Morgan fingerprint density at radius 2 is 0.957 bits per heavy atom. The second-order valence-corrected chi connectivity index (χ2v) is 16.8. The maximum atomic E-state index is 2.55. The van der Waals surface area contributed by atoms with E-state index in [0.717, 1.165) is 0 Å². The molecule has 0 atom stereocenters. The van der Waals surface area contributed by atoms with Gasteiger partial charge in [0, 0.05) is 32.9 Å². The largest absolute Gasteiger partial charge is 0.309 e. The molecule has 1 aliphatic heterocycles. The minimum Gasteiger partial charge on any atom is -0.309 e. The van der Waals surface area contributed by atoms with Gasteiger partial charge in [0.25, 0.3) is 0 Å². The zero-order valence-corrected chi connectivity index (χ0v) is 27.4. The highest BCUT2D eigenvalue weighted by molar-refractivity contribution is 7.21. The molecule has 0 bridgehead atoms. The van der Waals surface area contributed by atoms with Gasteiger partial charge < -0.3 is 9.13 Å². The number of benzene rings is 7. The molecular formula is C44H32N2Si. The molecule has 0 fully saturated rings. The quantitative estimate of drug-likeness (QED) is 0.177. The van der Waals surface area contributed by atoms with Crippen molar-refractivity contribution in [3.8, 4) is 11.4 Å². The average Bonchev–Trinajstić information content (AvgIpc) is 3.62. The molecule has 0 N–H and O–H groups in total. The summed E-state index contributed by atoms with van der Waals surface area (Å²) in [5, 5.41) is 10.9. The van der Waals surface area contributed by atoms with Crippen LogP contribution in [0.2, 0.25) is 0 Å². The van der Waals surface area contributed by atoms with Gasteiger partial charge in [-0.1, -0.05) is 120 Å². The van der Waals surface area contributed by atoms with Crippen molar-refractivity contribution in [3.63, 3.8) is 0 Å². The lowest BCUT2D eigenvalue weighted by Crippen LogP contribution is -2.76. The van der Waals surface area contributed by atoms with Crippen LogP contribution in [0.3, 0.4) is 0 Å². The van der Waals surface area contributed by atoms with Crippen LogP contribution in [0, 0.1) is 13.8 Å². The van der Waals surface area contributed by atoms with Crippen LogP contribution in [0.5, 0.6) is 0 Å². The second-order valence-electron chi connectivity index (χ2n) is 13.1. The van der Waals surface area contributed by atoms with Crippen LogP contribution in [0.4, 0.5) is 0 Å². The summed E-state index contributed by atoms with van der Waals surface area (Å²) in [6.45, 7) is 4.39. The van der Waals surface area contributed by atoms with Crippen molar-refractivity contribution in [3.05, 3.63) is 169 Å². The molecule has 10 rings (SSSR count). The van der Waals surface area contributed by atoms with Gasteiger partial charge in [-0.3, -0.25) is 0 Å². The summed E-state index contributed by atoms with van der Waals surface area (Å²) in [6, 6.07) is 59.7. The predicted molar refractivity (Wildman–Crippen MR) is 202 cm³/mol. The van der Waals surface area contributed by atoms with E-state index < -0.39 is 8.07 Å². The smallest absolute Gasteiger partial charge is 0.184 e. The van der Waals surface area contributed by atoms with E-state index in [1.54, 1.807) is 0 Å². The first-order chi connectivity index (χ1) is 23.1. The summed E-state index contributed by atoms with van der Waals surface area (Å²) in [7, 11) is -2.80. The van der Waals surface area contributed by atoms with Gasteiger partial charge in [0.05, 0.1) is 22.1 Å². The zero-order chi connectivity index (χ0) is 31.3. The lowest BCUT2D eigenvalue weighted by atomic mass is 10.1. The highest BCUT2D eigenvalue weighted by Gasteiger charge is 2.48. The first-order valence-corrected chi connectivity index (χ1v) is 18.4. The maximum Gasteiger partial charge on any atom is 0.184 e. The molecule has 7 aromatic carbocycles. The summed E-state index contributed by atoms with van der Waals surface area (Å²) in [6.07, 6.45) is 0.